The zero-order valence-corrected chi connectivity index (χ0v) is 19.0. The van der Waals surface area contributed by atoms with Gasteiger partial charge in [0.05, 0.1) is 19.3 Å². The lowest BCUT2D eigenvalue weighted by molar-refractivity contribution is 0.0532. The molecule has 1 atom stereocenters. The molecule has 0 spiro atoms. The third-order valence-electron chi connectivity index (χ3n) is 5.05. The van der Waals surface area contributed by atoms with Gasteiger partial charge in [0.15, 0.2) is 5.96 Å². The monoisotopic (exact) mass is 424 g/mol. The number of rotatable bonds is 10. The van der Waals surface area contributed by atoms with E-state index in [0.29, 0.717) is 23.7 Å². The van der Waals surface area contributed by atoms with Crippen molar-refractivity contribution in [3.05, 3.63) is 34.9 Å². The topological polar surface area (TPSA) is 58.1 Å². The maximum absolute atomic E-state index is 6.12. The van der Waals surface area contributed by atoms with Crippen molar-refractivity contribution in [2.24, 2.45) is 4.99 Å². The van der Waals surface area contributed by atoms with Crippen molar-refractivity contribution >= 4 is 17.6 Å². The van der Waals surface area contributed by atoms with Crippen LogP contribution in [0.2, 0.25) is 5.02 Å². The van der Waals surface area contributed by atoms with Crippen molar-refractivity contribution in [2.45, 2.75) is 51.9 Å². The summed E-state index contributed by atoms with van der Waals surface area (Å²) in [5, 5.41) is 7.66. The molecule has 1 heterocycles. The Morgan fingerprint density at radius 3 is 2.69 bits per heavy atom. The van der Waals surface area contributed by atoms with Crippen LogP contribution >= 0.6 is 11.6 Å². The zero-order valence-electron chi connectivity index (χ0n) is 18.3. The number of guanidine groups is 1. The molecule has 0 aliphatic carbocycles. The van der Waals surface area contributed by atoms with E-state index >= 15 is 0 Å². The van der Waals surface area contributed by atoms with E-state index in [4.69, 9.17) is 26.1 Å². The first-order chi connectivity index (χ1) is 14.0. The van der Waals surface area contributed by atoms with Crippen LogP contribution in [0.1, 0.15) is 45.3 Å². The zero-order chi connectivity index (χ0) is 21.1. The van der Waals surface area contributed by atoms with Crippen LogP contribution in [0.25, 0.3) is 0 Å². The smallest absolute Gasteiger partial charge is 0.191 e. The van der Waals surface area contributed by atoms with E-state index in [1.807, 2.05) is 24.3 Å². The minimum atomic E-state index is -0.119. The normalized spacial score (nSPS) is 17.5. The van der Waals surface area contributed by atoms with Crippen LogP contribution < -0.4 is 10.6 Å². The molecule has 0 aromatic heterocycles. The molecule has 2 rings (SSSR count). The van der Waals surface area contributed by atoms with Crippen LogP contribution in [0.3, 0.4) is 0 Å². The van der Waals surface area contributed by atoms with E-state index in [0.717, 1.165) is 57.2 Å². The number of aliphatic imine (C=N–C) groups is 1. The molecule has 2 N–H and O–H groups in total. The molecule has 1 fully saturated rings. The highest BCUT2D eigenvalue weighted by molar-refractivity contribution is 6.30. The number of hydrogen-bond donors (Lipinski definition) is 2. The van der Waals surface area contributed by atoms with E-state index in [1.165, 1.54) is 0 Å². The number of nitrogens with zero attached hydrogens (tertiary/aromatic N) is 2. The molecule has 1 aliphatic rings. The second kappa shape index (κ2) is 13.1. The van der Waals surface area contributed by atoms with Gasteiger partial charge in [-0.2, -0.15) is 0 Å². The molecular weight excluding hydrogens is 388 g/mol. The van der Waals surface area contributed by atoms with Crippen molar-refractivity contribution in [1.29, 1.82) is 0 Å². The summed E-state index contributed by atoms with van der Waals surface area (Å²) in [6.07, 6.45) is 2.39. The molecule has 1 aromatic rings. The van der Waals surface area contributed by atoms with Crippen LogP contribution in [0, 0.1) is 0 Å². The predicted molar refractivity (Wildman–Crippen MR) is 121 cm³/mol. The molecule has 1 saturated heterocycles. The highest BCUT2D eigenvalue weighted by Crippen LogP contribution is 2.20. The van der Waals surface area contributed by atoms with Crippen LogP contribution in [-0.4, -0.2) is 69.4 Å². The third kappa shape index (κ3) is 8.91. The molecule has 1 aliphatic heterocycles. The summed E-state index contributed by atoms with van der Waals surface area (Å²) in [6.45, 7) is 11.6. The molecule has 7 heteroatoms. The minimum Gasteiger partial charge on any atom is -0.377 e. The second-order valence-corrected chi connectivity index (χ2v) is 8.12. The Bertz CT molecular complexity index is 619. The Morgan fingerprint density at radius 1 is 1.31 bits per heavy atom. The molecule has 164 valence electrons. The number of likely N-dealkylation sites (tertiary alicyclic amines) is 1. The molecule has 6 nitrogen and oxygen atoms in total. The van der Waals surface area contributed by atoms with Gasteiger partial charge in [-0.1, -0.05) is 23.7 Å². The van der Waals surface area contributed by atoms with Crippen LogP contribution in [0.4, 0.5) is 0 Å². The average molecular weight is 425 g/mol. The summed E-state index contributed by atoms with van der Waals surface area (Å²) in [5.41, 5.74) is 1.04. The fourth-order valence-corrected chi connectivity index (χ4v) is 3.63. The first-order valence-electron chi connectivity index (χ1n) is 10.7. The Labute approximate surface area is 181 Å². The van der Waals surface area contributed by atoms with Crippen molar-refractivity contribution in [3.8, 4) is 0 Å². The fourth-order valence-electron chi connectivity index (χ4n) is 3.43. The summed E-state index contributed by atoms with van der Waals surface area (Å²) in [4.78, 5) is 7.24. The molecule has 29 heavy (non-hydrogen) atoms. The van der Waals surface area contributed by atoms with Gasteiger partial charge in [-0.05, 0) is 51.3 Å². The summed E-state index contributed by atoms with van der Waals surface area (Å²) in [6, 6.07) is 8.20. The van der Waals surface area contributed by atoms with Crippen molar-refractivity contribution in [3.63, 3.8) is 0 Å². The summed E-state index contributed by atoms with van der Waals surface area (Å²) in [5.74, 6) is 0.846. The molecule has 0 saturated carbocycles. The van der Waals surface area contributed by atoms with Gasteiger partial charge in [0.25, 0.3) is 0 Å². The lowest BCUT2D eigenvalue weighted by atomic mass is 10.1. The third-order valence-corrected chi connectivity index (χ3v) is 5.29. The van der Waals surface area contributed by atoms with Gasteiger partial charge in [-0.15, -0.1) is 0 Å². The van der Waals surface area contributed by atoms with E-state index < -0.39 is 0 Å². The van der Waals surface area contributed by atoms with Gasteiger partial charge in [0.2, 0.25) is 0 Å². The molecule has 0 bridgehead atoms. The second-order valence-electron chi connectivity index (χ2n) is 7.68. The Morgan fingerprint density at radius 2 is 2.07 bits per heavy atom. The van der Waals surface area contributed by atoms with Crippen molar-refractivity contribution < 1.29 is 9.47 Å². The molecule has 0 amide bonds. The molecule has 1 unspecified atom stereocenters. The van der Waals surface area contributed by atoms with Gasteiger partial charge in [0, 0.05) is 44.4 Å². The van der Waals surface area contributed by atoms with Crippen molar-refractivity contribution in [2.75, 3.05) is 46.4 Å². The van der Waals surface area contributed by atoms with Gasteiger partial charge >= 0.3 is 0 Å². The number of ether oxygens (including phenoxy) is 2. The van der Waals surface area contributed by atoms with E-state index in [2.05, 4.69) is 36.3 Å². The Hall–Kier alpha value is -1.34. The maximum atomic E-state index is 6.12. The summed E-state index contributed by atoms with van der Waals surface area (Å²) >= 11 is 6.12. The number of hydrogen-bond acceptors (Lipinski definition) is 4. The quantitative estimate of drug-likeness (QED) is 0.445. The van der Waals surface area contributed by atoms with E-state index in [-0.39, 0.29) is 6.10 Å². The highest BCUT2D eigenvalue weighted by atomic mass is 35.5. The van der Waals surface area contributed by atoms with Crippen molar-refractivity contribution in [1.82, 2.24) is 15.5 Å². The van der Waals surface area contributed by atoms with E-state index in [9.17, 15) is 0 Å². The predicted octanol–water partition coefficient (Wildman–Crippen LogP) is 3.47. The fraction of sp³-hybridized carbons (Fsp3) is 0.682. The maximum Gasteiger partial charge on any atom is 0.191 e. The average Bonchev–Trinajstić information content (AvgIpc) is 2.69. The van der Waals surface area contributed by atoms with Gasteiger partial charge in [-0.3, -0.25) is 4.99 Å². The summed E-state index contributed by atoms with van der Waals surface area (Å²) in [7, 11) is 1.71. The Kier molecular flexibility index (Phi) is 10.8. The van der Waals surface area contributed by atoms with Gasteiger partial charge in [-0.25, -0.2) is 0 Å². The standard InChI is InChI=1S/C22H37ClN4O2/c1-5-24-22(25-16-21(28-4)18-7-6-8-19(23)15-18)26-20-9-11-27(12-10-20)13-14-29-17(2)3/h6-8,15,17,20-21H,5,9-14,16H2,1-4H3,(H2,24,25,26). The van der Waals surface area contributed by atoms with Crippen LogP contribution in [0.5, 0.6) is 0 Å². The van der Waals surface area contributed by atoms with Gasteiger partial charge in [0.1, 0.15) is 6.10 Å². The number of benzene rings is 1. The van der Waals surface area contributed by atoms with E-state index in [1.54, 1.807) is 7.11 Å². The molecule has 0 radical (unpaired) electrons. The van der Waals surface area contributed by atoms with Gasteiger partial charge < -0.3 is 25.0 Å². The number of piperidine rings is 1. The lowest BCUT2D eigenvalue weighted by Crippen LogP contribution is -2.49. The number of methoxy groups -OCH3 is 1. The summed E-state index contributed by atoms with van der Waals surface area (Å²) < 4.78 is 11.3. The first kappa shape index (κ1) is 23.9. The molecule has 1 aromatic carbocycles. The first-order valence-corrected chi connectivity index (χ1v) is 11.1. The number of nitrogens with one attached hydrogen (secondary N) is 2. The number of halogens is 1. The molecular formula is C22H37ClN4O2. The largest absolute Gasteiger partial charge is 0.377 e. The highest BCUT2D eigenvalue weighted by Gasteiger charge is 2.20. The Balaban J connectivity index is 1.84. The van der Waals surface area contributed by atoms with Crippen LogP contribution in [-0.2, 0) is 9.47 Å². The minimum absolute atomic E-state index is 0.119. The SMILES string of the molecule is CCNC(=NCC(OC)c1cccc(Cl)c1)NC1CCN(CCOC(C)C)CC1. The van der Waals surface area contributed by atoms with Crippen LogP contribution in [0.15, 0.2) is 29.3 Å². The lowest BCUT2D eigenvalue weighted by Gasteiger charge is -2.33.